The molecule has 1 aromatic carbocycles. The summed E-state index contributed by atoms with van der Waals surface area (Å²) in [4.78, 5) is 4.37. The van der Waals surface area contributed by atoms with Crippen molar-refractivity contribution < 1.29 is 8.91 Å². The van der Waals surface area contributed by atoms with Crippen molar-refractivity contribution in [3.8, 4) is 0 Å². The van der Waals surface area contributed by atoms with Crippen molar-refractivity contribution in [1.82, 2.24) is 14.7 Å². The molecule has 3 aromatic rings. The highest BCUT2D eigenvalue weighted by molar-refractivity contribution is 6.16. The molecule has 0 N–H and O–H groups in total. The zero-order chi connectivity index (χ0) is 14.3. The fourth-order valence-corrected chi connectivity index (χ4v) is 2.52. The molecular formula is C14H13ClFN3O. The summed E-state index contributed by atoms with van der Waals surface area (Å²) < 4.78 is 20.4. The summed E-state index contributed by atoms with van der Waals surface area (Å²) in [5, 5.41) is 3.94. The van der Waals surface area contributed by atoms with Crippen LogP contribution in [0.15, 0.2) is 22.7 Å². The van der Waals surface area contributed by atoms with Gasteiger partial charge >= 0.3 is 0 Å². The summed E-state index contributed by atoms with van der Waals surface area (Å²) in [6, 6.07) is 4.55. The van der Waals surface area contributed by atoms with Crippen molar-refractivity contribution in [3.05, 3.63) is 46.9 Å². The van der Waals surface area contributed by atoms with Gasteiger partial charge in [0.1, 0.15) is 17.4 Å². The molecule has 0 fully saturated rings. The molecule has 0 aliphatic rings. The van der Waals surface area contributed by atoms with E-state index in [0.29, 0.717) is 17.9 Å². The normalized spacial score (nSPS) is 11.4. The topological polar surface area (TPSA) is 43.9 Å². The van der Waals surface area contributed by atoms with Gasteiger partial charge in [-0.2, -0.15) is 0 Å². The molecule has 0 spiro atoms. The first kappa shape index (κ1) is 13.1. The second-order valence-corrected chi connectivity index (χ2v) is 4.95. The summed E-state index contributed by atoms with van der Waals surface area (Å²) in [5.41, 5.74) is 3.29. The minimum Gasteiger partial charge on any atom is -0.361 e. The molecule has 0 saturated carbocycles. The zero-order valence-corrected chi connectivity index (χ0v) is 11.9. The van der Waals surface area contributed by atoms with Gasteiger partial charge in [0.25, 0.3) is 0 Å². The van der Waals surface area contributed by atoms with Gasteiger partial charge in [-0.05, 0) is 26.0 Å². The van der Waals surface area contributed by atoms with Gasteiger partial charge in [0.15, 0.2) is 0 Å². The second-order valence-electron chi connectivity index (χ2n) is 4.68. The van der Waals surface area contributed by atoms with Crippen LogP contribution in [0.5, 0.6) is 0 Å². The Morgan fingerprint density at radius 3 is 2.80 bits per heavy atom. The first-order valence-electron chi connectivity index (χ1n) is 6.22. The third kappa shape index (κ3) is 2.08. The van der Waals surface area contributed by atoms with Crippen LogP contribution in [0.3, 0.4) is 0 Å². The summed E-state index contributed by atoms with van der Waals surface area (Å²) >= 11 is 5.95. The van der Waals surface area contributed by atoms with Gasteiger partial charge < -0.3 is 9.09 Å². The SMILES string of the molecule is Cc1noc(C)c1Cn1c(CCl)nc2cc(F)ccc21. The van der Waals surface area contributed by atoms with E-state index >= 15 is 0 Å². The Morgan fingerprint density at radius 2 is 2.15 bits per heavy atom. The lowest BCUT2D eigenvalue weighted by molar-refractivity contribution is 0.392. The number of nitrogens with zero attached hydrogens (tertiary/aromatic N) is 3. The fourth-order valence-electron chi connectivity index (χ4n) is 2.32. The lowest BCUT2D eigenvalue weighted by Gasteiger charge is -2.07. The molecule has 0 amide bonds. The maximum atomic E-state index is 13.3. The van der Waals surface area contributed by atoms with Crippen LogP contribution in [-0.4, -0.2) is 14.7 Å². The number of benzene rings is 1. The monoisotopic (exact) mass is 293 g/mol. The number of halogens is 2. The molecule has 3 rings (SSSR count). The van der Waals surface area contributed by atoms with Crippen LogP contribution >= 0.6 is 11.6 Å². The smallest absolute Gasteiger partial charge is 0.138 e. The molecule has 104 valence electrons. The molecule has 20 heavy (non-hydrogen) atoms. The van der Waals surface area contributed by atoms with Gasteiger partial charge in [0, 0.05) is 11.6 Å². The van der Waals surface area contributed by atoms with Crippen molar-refractivity contribution in [2.24, 2.45) is 0 Å². The van der Waals surface area contributed by atoms with Crippen LogP contribution in [0, 0.1) is 19.7 Å². The predicted molar refractivity (Wildman–Crippen MR) is 74.3 cm³/mol. The summed E-state index contributed by atoms with van der Waals surface area (Å²) in [5.74, 6) is 1.43. The number of rotatable bonds is 3. The Balaban J connectivity index is 2.15. The van der Waals surface area contributed by atoms with Crippen molar-refractivity contribution >= 4 is 22.6 Å². The third-order valence-corrected chi connectivity index (χ3v) is 3.65. The number of hydrogen-bond acceptors (Lipinski definition) is 3. The first-order chi connectivity index (χ1) is 9.60. The minimum absolute atomic E-state index is 0.264. The highest BCUT2D eigenvalue weighted by atomic mass is 35.5. The molecular weight excluding hydrogens is 281 g/mol. The highest BCUT2D eigenvalue weighted by Crippen LogP contribution is 2.22. The third-order valence-electron chi connectivity index (χ3n) is 3.41. The molecule has 0 saturated heterocycles. The average molecular weight is 294 g/mol. The first-order valence-corrected chi connectivity index (χ1v) is 6.76. The number of imidazole rings is 1. The molecule has 0 aliphatic heterocycles. The maximum Gasteiger partial charge on any atom is 0.138 e. The molecule has 0 aliphatic carbocycles. The van der Waals surface area contributed by atoms with E-state index in [2.05, 4.69) is 10.1 Å². The molecule has 0 unspecified atom stereocenters. The standard InChI is InChI=1S/C14H13ClFN3O/c1-8-11(9(2)20-18-8)7-19-13-4-3-10(16)5-12(13)17-14(19)6-15/h3-5H,6-7H2,1-2H3. The Morgan fingerprint density at radius 1 is 1.35 bits per heavy atom. The van der Waals surface area contributed by atoms with Gasteiger partial charge in [-0.3, -0.25) is 0 Å². The Labute approximate surface area is 120 Å². The van der Waals surface area contributed by atoms with Crippen LogP contribution in [0.1, 0.15) is 22.8 Å². The van der Waals surface area contributed by atoms with Gasteiger partial charge in [-0.15, -0.1) is 11.6 Å². The lowest BCUT2D eigenvalue weighted by atomic mass is 10.2. The van der Waals surface area contributed by atoms with Crippen molar-refractivity contribution in [1.29, 1.82) is 0 Å². The molecule has 0 radical (unpaired) electrons. The number of aromatic nitrogens is 3. The van der Waals surface area contributed by atoms with E-state index in [-0.39, 0.29) is 11.7 Å². The molecule has 2 heterocycles. The number of hydrogen-bond donors (Lipinski definition) is 0. The van der Waals surface area contributed by atoms with Gasteiger partial charge in [0.05, 0.1) is 29.2 Å². The second kappa shape index (κ2) is 4.90. The van der Waals surface area contributed by atoms with E-state index in [4.69, 9.17) is 16.1 Å². The zero-order valence-electron chi connectivity index (χ0n) is 11.2. The molecule has 4 nitrogen and oxygen atoms in total. The van der Waals surface area contributed by atoms with Crippen LogP contribution in [0.4, 0.5) is 4.39 Å². The Kier molecular flexibility index (Phi) is 3.22. The fraction of sp³-hybridized carbons (Fsp3) is 0.286. The van der Waals surface area contributed by atoms with E-state index in [1.807, 2.05) is 18.4 Å². The van der Waals surface area contributed by atoms with Crippen LogP contribution in [-0.2, 0) is 12.4 Å². The van der Waals surface area contributed by atoms with Gasteiger partial charge in [-0.1, -0.05) is 5.16 Å². The van der Waals surface area contributed by atoms with E-state index in [0.717, 1.165) is 22.5 Å². The van der Waals surface area contributed by atoms with Crippen molar-refractivity contribution in [2.75, 3.05) is 0 Å². The number of alkyl halides is 1. The highest BCUT2D eigenvalue weighted by Gasteiger charge is 2.15. The van der Waals surface area contributed by atoms with Crippen LogP contribution in [0.2, 0.25) is 0 Å². The maximum absolute atomic E-state index is 13.3. The molecule has 0 atom stereocenters. The molecule has 2 aromatic heterocycles. The molecule has 0 bridgehead atoms. The Bertz CT molecular complexity index is 759. The molecule has 6 heteroatoms. The Hall–Kier alpha value is -1.88. The summed E-state index contributed by atoms with van der Waals surface area (Å²) in [6.45, 7) is 4.32. The van der Waals surface area contributed by atoms with Crippen LogP contribution < -0.4 is 0 Å². The van der Waals surface area contributed by atoms with E-state index in [1.54, 1.807) is 6.07 Å². The largest absolute Gasteiger partial charge is 0.361 e. The average Bonchev–Trinajstić information content (AvgIpc) is 2.93. The van der Waals surface area contributed by atoms with Crippen LogP contribution in [0.25, 0.3) is 11.0 Å². The summed E-state index contributed by atoms with van der Waals surface area (Å²) in [6.07, 6.45) is 0. The van der Waals surface area contributed by atoms with Gasteiger partial charge in [-0.25, -0.2) is 9.37 Å². The van der Waals surface area contributed by atoms with Gasteiger partial charge in [0.2, 0.25) is 0 Å². The van der Waals surface area contributed by atoms with E-state index < -0.39 is 0 Å². The predicted octanol–water partition coefficient (Wildman–Crippen LogP) is 3.57. The van der Waals surface area contributed by atoms with E-state index in [1.165, 1.54) is 12.1 Å². The summed E-state index contributed by atoms with van der Waals surface area (Å²) in [7, 11) is 0. The quantitative estimate of drug-likeness (QED) is 0.693. The van der Waals surface area contributed by atoms with Crippen molar-refractivity contribution in [2.45, 2.75) is 26.3 Å². The number of fused-ring (bicyclic) bond motifs is 1. The van der Waals surface area contributed by atoms with Crippen molar-refractivity contribution in [3.63, 3.8) is 0 Å². The number of aryl methyl sites for hydroxylation is 2. The minimum atomic E-state index is -0.305. The van der Waals surface area contributed by atoms with E-state index in [9.17, 15) is 4.39 Å². The lowest BCUT2D eigenvalue weighted by Crippen LogP contribution is -2.05.